The lowest BCUT2D eigenvalue weighted by molar-refractivity contribution is 0.0151. The van der Waals surface area contributed by atoms with Crippen molar-refractivity contribution in [3.63, 3.8) is 0 Å². The van der Waals surface area contributed by atoms with Gasteiger partial charge in [-0.05, 0) is 51.5 Å². The van der Waals surface area contributed by atoms with E-state index in [1.807, 2.05) is 0 Å². The van der Waals surface area contributed by atoms with Crippen LogP contribution in [0.1, 0.15) is 53.4 Å². The Morgan fingerprint density at radius 3 is 2.50 bits per heavy atom. The van der Waals surface area contributed by atoms with Crippen LogP contribution in [0.3, 0.4) is 0 Å². The molecular weight excluding hydrogens is 198 g/mol. The Hall–Kier alpha value is -0.0800. The second kappa shape index (κ2) is 6.02. The number of hydrogen-bond acceptors (Lipinski definition) is 2. The molecule has 0 spiro atoms. The fourth-order valence-corrected chi connectivity index (χ4v) is 2.77. The molecule has 0 bridgehead atoms. The van der Waals surface area contributed by atoms with E-state index >= 15 is 0 Å². The topological polar surface area (TPSA) is 21.3 Å². The minimum atomic E-state index is 0.0129. The number of rotatable bonds is 6. The maximum atomic E-state index is 5.43. The van der Waals surface area contributed by atoms with Gasteiger partial charge in [0, 0.05) is 13.2 Å². The highest BCUT2D eigenvalue weighted by Gasteiger charge is 2.31. The lowest BCUT2D eigenvalue weighted by Gasteiger charge is -2.26. The molecule has 0 aromatic heterocycles. The van der Waals surface area contributed by atoms with Crippen molar-refractivity contribution in [2.24, 2.45) is 11.8 Å². The fraction of sp³-hybridized carbons (Fsp3) is 1.00. The van der Waals surface area contributed by atoms with Gasteiger partial charge < -0.3 is 10.1 Å². The average molecular weight is 227 g/mol. The molecule has 3 unspecified atom stereocenters. The molecule has 0 saturated heterocycles. The Labute approximate surface area is 101 Å². The molecule has 1 saturated carbocycles. The van der Waals surface area contributed by atoms with Crippen LogP contribution in [0, 0.1) is 11.8 Å². The second-order valence-corrected chi connectivity index (χ2v) is 5.88. The van der Waals surface area contributed by atoms with E-state index in [-0.39, 0.29) is 5.60 Å². The summed E-state index contributed by atoms with van der Waals surface area (Å²) in [5.74, 6) is 1.78. The van der Waals surface area contributed by atoms with Crippen LogP contribution >= 0.6 is 0 Å². The first-order valence-electron chi connectivity index (χ1n) is 6.78. The third-order valence-electron chi connectivity index (χ3n) is 4.44. The van der Waals surface area contributed by atoms with E-state index in [1.54, 1.807) is 7.11 Å². The SMILES string of the molecule is CCC1CCC(NCCC(C)(C)OC)C1C. The number of nitrogens with one attached hydrogen (secondary N) is 1. The number of methoxy groups -OCH3 is 1. The van der Waals surface area contributed by atoms with Gasteiger partial charge >= 0.3 is 0 Å². The van der Waals surface area contributed by atoms with Gasteiger partial charge in [-0.15, -0.1) is 0 Å². The zero-order valence-corrected chi connectivity index (χ0v) is 11.7. The third kappa shape index (κ3) is 3.74. The number of hydrogen-bond donors (Lipinski definition) is 1. The molecule has 16 heavy (non-hydrogen) atoms. The van der Waals surface area contributed by atoms with Crippen molar-refractivity contribution in [3.8, 4) is 0 Å². The van der Waals surface area contributed by atoms with E-state index in [1.165, 1.54) is 19.3 Å². The molecule has 3 atom stereocenters. The highest BCUT2D eigenvalue weighted by Crippen LogP contribution is 2.33. The van der Waals surface area contributed by atoms with Crippen LogP contribution in [0.15, 0.2) is 0 Å². The van der Waals surface area contributed by atoms with Gasteiger partial charge in [0.1, 0.15) is 0 Å². The molecule has 0 aromatic rings. The Morgan fingerprint density at radius 1 is 1.31 bits per heavy atom. The summed E-state index contributed by atoms with van der Waals surface area (Å²) in [6.07, 6.45) is 5.18. The van der Waals surface area contributed by atoms with E-state index in [0.29, 0.717) is 0 Å². The first-order valence-corrected chi connectivity index (χ1v) is 6.78. The first-order chi connectivity index (χ1) is 7.50. The normalized spacial score (nSPS) is 30.9. The Morgan fingerprint density at radius 2 is 2.00 bits per heavy atom. The van der Waals surface area contributed by atoms with Crippen molar-refractivity contribution >= 4 is 0 Å². The van der Waals surface area contributed by atoms with Crippen molar-refractivity contribution in [1.82, 2.24) is 5.32 Å². The van der Waals surface area contributed by atoms with Gasteiger partial charge in [-0.2, -0.15) is 0 Å². The van der Waals surface area contributed by atoms with Crippen molar-refractivity contribution < 1.29 is 4.74 Å². The largest absolute Gasteiger partial charge is 0.379 e. The van der Waals surface area contributed by atoms with Crippen LogP contribution in [0.5, 0.6) is 0 Å². The summed E-state index contributed by atoms with van der Waals surface area (Å²) < 4.78 is 5.43. The van der Waals surface area contributed by atoms with Crippen LogP contribution in [0.4, 0.5) is 0 Å². The average Bonchev–Trinajstić information content (AvgIpc) is 2.60. The van der Waals surface area contributed by atoms with Crippen molar-refractivity contribution in [3.05, 3.63) is 0 Å². The van der Waals surface area contributed by atoms with E-state index in [0.717, 1.165) is 30.8 Å². The van der Waals surface area contributed by atoms with Crippen molar-refractivity contribution in [2.75, 3.05) is 13.7 Å². The van der Waals surface area contributed by atoms with Crippen LogP contribution in [-0.4, -0.2) is 25.3 Å². The van der Waals surface area contributed by atoms with E-state index < -0.39 is 0 Å². The molecule has 96 valence electrons. The van der Waals surface area contributed by atoms with E-state index in [9.17, 15) is 0 Å². The maximum absolute atomic E-state index is 5.43. The monoisotopic (exact) mass is 227 g/mol. The molecule has 0 heterocycles. The molecule has 0 aromatic carbocycles. The van der Waals surface area contributed by atoms with Crippen molar-refractivity contribution in [2.45, 2.75) is 65.0 Å². The van der Waals surface area contributed by atoms with Crippen LogP contribution in [-0.2, 0) is 4.74 Å². The molecule has 0 aliphatic heterocycles. The van der Waals surface area contributed by atoms with Gasteiger partial charge in [-0.1, -0.05) is 20.3 Å². The predicted octanol–water partition coefficient (Wildman–Crippen LogP) is 3.22. The van der Waals surface area contributed by atoms with Gasteiger partial charge in [-0.25, -0.2) is 0 Å². The molecule has 1 rings (SSSR count). The predicted molar refractivity (Wildman–Crippen MR) is 69.7 cm³/mol. The summed E-state index contributed by atoms with van der Waals surface area (Å²) in [4.78, 5) is 0. The van der Waals surface area contributed by atoms with Gasteiger partial charge in [0.2, 0.25) is 0 Å². The molecule has 1 fully saturated rings. The first kappa shape index (κ1) is 14.0. The summed E-state index contributed by atoms with van der Waals surface area (Å²) in [5.41, 5.74) is 0.0129. The summed E-state index contributed by atoms with van der Waals surface area (Å²) in [6.45, 7) is 10.1. The fourth-order valence-electron chi connectivity index (χ4n) is 2.77. The lowest BCUT2D eigenvalue weighted by atomic mass is 9.93. The summed E-state index contributed by atoms with van der Waals surface area (Å²) in [5, 5.41) is 3.71. The number of ether oxygens (including phenoxy) is 1. The summed E-state index contributed by atoms with van der Waals surface area (Å²) in [7, 11) is 1.80. The molecular formula is C14H29NO. The lowest BCUT2D eigenvalue weighted by Crippen LogP contribution is -2.37. The Balaban J connectivity index is 2.24. The van der Waals surface area contributed by atoms with Crippen LogP contribution in [0.25, 0.3) is 0 Å². The van der Waals surface area contributed by atoms with Gasteiger partial charge in [0.15, 0.2) is 0 Å². The van der Waals surface area contributed by atoms with Crippen molar-refractivity contribution in [1.29, 1.82) is 0 Å². The standard InChI is InChI=1S/C14H29NO/c1-6-12-7-8-13(11(12)2)15-10-9-14(3,4)16-5/h11-13,15H,6-10H2,1-5H3. The molecule has 1 N–H and O–H groups in total. The molecule has 1 aliphatic carbocycles. The molecule has 0 amide bonds. The Kier molecular flexibility index (Phi) is 5.26. The van der Waals surface area contributed by atoms with Crippen LogP contribution < -0.4 is 5.32 Å². The third-order valence-corrected chi connectivity index (χ3v) is 4.44. The quantitative estimate of drug-likeness (QED) is 0.752. The summed E-state index contributed by atoms with van der Waals surface area (Å²) in [6, 6.07) is 0.734. The molecule has 1 aliphatic rings. The van der Waals surface area contributed by atoms with E-state index in [2.05, 4.69) is 33.0 Å². The summed E-state index contributed by atoms with van der Waals surface area (Å²) >= 11 is 0. The zero-order chi connectivity index (χ0) is 12.2. The zero-order valence-electron chi connectivity index (χ0n) is 11.7. The molecule has 0 radical (unpaired) electrons. The Bertz CT molecular complexity index is 203. The smallest absolute Gasteiger partial charge is 0.0634 e. The van der Waals surface area contributed by atoms with E-state index in [4.69, 9.17) is 4.74 Å². The highest BCUT2D eigenvalue weighted by molar-refractivity contribution is 4.86. The highest BCUT2D eigenvalue weighted by atomic mass is 16.5. The maximum Gasteiger partial charge on any atom is 0.0634 e. The minimum absolute atomic E-state index is 0.0129. The second-order valence-electron chi connectivity index (χ2n) is 5.88. The molecule has 2 heteroatoms. The molecule has 2 nitrogen and oxygen atoms in total. The van der Waals surface area contributed by atoms with Gasteiger partial charge in [0.25, 0.3) is 0 Å². The van der Waals surface area contributed by atoms with Crippen LogP contribution in [0.2, 0.25) is 0 Å². The van der Waals surface area contributed by atoms with Gasteiger partial charge in [-0.3, -0.25) is 0 Å². The minimum Gasteiger partial charge on any atom is -0.379 e. The van der Waals surface area contributed by atoms with Gasteiger partial charge in [0.05, 0.1) is 5.60 Å².